The molecule has 0 aliphatic carbocycles. The predicted octanol–water partition coefficient (Wildman–Crippen LogP) is 3.80. The number of hydrogen-bond donors (Lipinski definition) is 1. The Morgan fingerprint density at radius 2 is 1.75 bits per heavy atom. The Hall–Kier alpha value is -0.960. The molecule has 0 aliphatic rings. The van der Waals surface area contributed by atoms with Crippen LogP contribution in [0.5, 0.6) is 0 Å². The molecule has 0 saturated carbocycles. The van der Waals surface area contributed by atoms with Crippen molar-refractivity contribution in [3.8, 4) is 0 Å². The highest BCUT2D eigenvalue weighted by Crippen LogP contribution is 2.23. The topological polar surface area (TPSA) is 12.0 Å². The molecule has 90 valence electrons. The van der Waals surface area contributed by atoms with E-state index in [1.54, 1.807) is 6.92 Å². The molecule has 0 amide bonds. The summed E-state index contributed by atoms with van der Waals surface area (Å²) in [6.07, 6.45) is 0.896. The van der Waals surface area contributed by atoms with E-state index in [4.69, 9.17) is 0 Å². The van der Waals surface area contributed by atoms with Crippen molar-refractivity contribution in [2.45, 2.75) is 45.7 Å². The monoisotopic (exact) mass is 227 g/mol. The van der Waals surface area contributed by atoms with E-state index in [9.17, 15) is 8.78 Å². The Morgan fingerprint density at radius 3 is 2.19 bits per heavy atom. The summed E-state index contributed by atoms with van der Waals surface area (Å²) in [5.41, 5.74) is -0.0160. The molecule has 1 nitrogen and oxygen atoms in total. The van der Waals surface area contributed by atoms with Crippen LogP contribution in [0.2, 0.25) is 0 Å². The van der Waals surface area contributed by atoms with Crippen molar-refractivity contribution >= 4 is 0 Å². The maximum absolute atomic E-state index is 13.5. The summed E-state index contributed by atoms with van der Waals surface area (Å²) < 4.78 is 27.0. The molecular formula is C13H19F2N. The molecule has 1 atom stereocenters. The van der Waals surface area contributed by atoms with Crippen LogP contribution in [0.3, 0.4) is 0 Å². The second-order valence-electron chi connectivity index (χ2n) is 4.74. The van der Waals surface area contributed by atoms with Crippen LogP contribution in [0.25, 0.3) is 0 Å². The average Bonchev–Trinajstić information content (AvgIpc) is 2.16. The highest BCUT2D eigenvalue weighted by atomic mass is 19.1. The maximum atomic E-state index is 13.5. The predicted molar refractivity (Wildman–Crippen MR) is 62.3 cm³/mol. The Morgan fingerprint density at radius 1 is 1.25 bits per heavy atom. The molecule has 0 fully saturated rings. The molecule has 1 aromatic rings. The third kappa shape index (κ3) is 3.01. The second-order valence-corrected chi connectivity index (χ2v) is 4.74. The first-order chi connectivity index (χ1) is 7.37. The van der Waals surface area contributed by atoms with Gasteiger partial charge in [0.25, 0.3) is 0 Å². The van der Waals surface area contributed by atoms with Crippen molar-refractivity contribution in [2.75, 3.05) is 0 Å². The maximum Gasteiger partial charge on any atom is 0.130 e. The van der Waals surface area contributed by atoms with E-state index < -0.39 is 11.6 Å². The second kappa shape index (κ2) is 4.91. The molecule has 1 rings (SSSR count). The number of rotatable bonds is 4. The lowest BCUT2D eigenvalue weighted by molar-refractivity contribution is 0.327. The number of benzene rings is 1. The van der Waals surface area contributed by atoms with Gasteiger partial charge in [0.2, 0.25) is 0 Å². The molecule has 0 aromatic heterocycles. The van der Waals surface area contributed by atoms with Crippen LogP contribution in [0.1, 0.15) is 45.7 Å². The zero-order chi connectivity index (χ0) is 12.3. The van der Waals surface area contributed by atoms with E-state index in [1.165, 1.54) is 18.2 Å². The van der Waals surface area contributed by atoms with Crippen molar-refractivity contribution in [3.63, 3.8) is 0 Å². The SMILES string of the molecule is CCC(C)(C)NC(C)c1c(F)cccc1F. The Kier molecular flexibility index (Phi) is 4.03. The van der Waals surface area contributed by atoms with Crippen molar-refractivity contribution in [2.24, 2.45) is 0 Å². The van der Waals surface area contributed by atoms with E-state index in [2.05, 4.69) is 5.32 Å². The first-order valence-corrected chi connectivity index (χ1v) is 5.59. The molecule has 0 spiro atoms. The van der Waals surface area contributed by atoms with E-state index in [0.29, 0.717) is 0 Å². The summed E-state index contributed by atoms with van der Waals surface area (Å²) in [6.45, 7) is 7.85. The summed E-state index contributed by atoms with van der Waals surface area (Å²) in [7, 11) is 0. The number of halogens is 2. The van der Waals surface area contributed by atoms with Gasteiger partial charge in [-0.15, -0.1) is 0 Å². The van der Waals surface area contributed by atoms with E-state index in [-0.39, 0.29) is 17.1 Å². The molecule has 16 heavy (non-hydrogen) atoms. The molecule has 0 heterocycles. The zero-order valence-corrected chi connectivity index (χ0v) is 10.3. The van der Waals surface area contributed by atoms with Crippen LogP contribution in [-0.2, 0) is 0 Å². The molecule has 3 heteroatoms. The highest BCUT2D eigenvalue weighted by Gasteiger charge is 2.22. The van der Waals surface area contributed by atoms with Gasteiger partial charge in [0.15, 0.2) is 0 Å². The van der Waals surface area contributed by atoms with Gasteiger partial charge in [-0.2, -0.15) is 0 Å². The molecule has 1 N–H and O–H groups in total. The van der Waals surface area contributed by atoms with E-state index >= 15 is 0 Å². The fourth-order valence-electron chi connectivity index (χ4n) is 1.68. The largest absolute Gasteiger partial charge is 0.305 e. The lowest BCUT2D eigenvalue weighted by atomic mass is 9.98. The molecule has 0 saturated heterocycles. The summed E-state index contributed by atoms with van der Waals surface area (Å²) >= 11 is 0. The molecule has 1 unspecified atom stereocenters. The van der Waals surface area contributed by atoms with E-state index in [0.717, 1.165) is 6.42 Å². The lowest BCUT2D eigenvalue weighted by Gasteiger charge is -2.29. The van der Waals surface area contributed by atoms with Crippen LogP contribution in [0, 0.1) is 11.6 Å². The van der Waals surface area contributed by atoms with Crippen LogP contribution < -0.4 is 5.32 Å². The molecule has 0 aliphatic heterocycles. The first-order valence-electron chi connectivity index (χ1n) is 5.59. The standard InChI is InChI=1S/C13H19F2N/c1-5-13(3,4)16-9(2)12-10(14)7-6-8-11(12)15/h6-9,16H,5H2,1-4H3. The quantitative estimate of drug-likeness (QED) is 0.824. The Bertz CT molecular complexity index is 341. The van der Waals surface area contributed by atoms with Crippen molar-refractivity contribution in [1.82, 2.24) is 5.32 Å². The minimum Gasteiger partial charge on any atom is -0.305 e. The fourth-order valence-corrected chi connectivity index (χ4v) is 1.68. The summed E-state index contributed by atoms with van der Waals surface area (Å²) in [4.78, 5) is 0. The van der Waals surface area contributed by atoms with Gasteiger partial charge in [-0.25, -0.2) is 8.78 Å². The Labute approximate surface area is 95.9 Å². The van der Waals surface area contributed by atoms with Gasteiger partial charge in [-0.05, 0) is 39.3 Å². The normalized spacial score (nSPS) is 13.9. The van der Waals surface area contributed by atoms with Crippen molar-refractivity contribution in [1.29, 1.82) is 0 Å². The van der Waals surface area contributed by atoms with Gasteiger partial charge in [-0.1, -0.05) is 13.0 Å². The van der Waals surface area contributed by atoms with E-state index in [1.807, 2.05) is 20.8 Å². The van der Waals surface area contributed by atoms with Gasteiger partial charge >= 0.3 is 0 Å². The molecule has 0 radical (unpaired) electrons. The van der Waals surface area contributed by atoms with Gasteiger partial charge in [0, 0.05) is 17.1 Å². The van der Waals surface area contributed by atoms with Gasteiger partial charge in [0.05, 0.1) is 0 Å². The van der Waals surface area contributed by atoms with Gasteiger partial charge < -0.3 is 5.32 Å². The van der Waals surface area contributed by atoms with Crippen LogP contribution in [0.15, 0.2) is 18.2 Å². The summed E-state index contributed by atoms with van der Waals surface area (Å²) in [6, 6.07) is 3.62. The van der Waals surface area contributed by atoms with Crippen LogP contribution in [0.4, 0.5) is 8.78 Å². The third-order valence-electron chi connectivity index (χ3n) is 2.92. The molecule has 0 bridgehead atoms. The zero-order valence-electron chi connectivity index (χ0n) is 10.3. The van der Waals surface area contributed by atoms with Crippen LogP contribution >= 0.6 is 0 Å². The fraction of sp³-hybridized carbons (Fsp3) is 0.538. The number of hydrogen-bond acceptors (Lipinski definition) is 1. The Balaban J connectivity index is 2.93. The lowest BCUT2D eigenvalue weighted by Crippen LogP contribution is -2.40. The van der Waals surface area contributed by atoms with Gasteiger partial charge in [0.1, 0.15) is 11.6 Å². The summed E-state index contributed by atoms with van der Waals surface area (Å²) in [5.74, 6) is -0.987. The smallest absolute Gasteiger partial charge is 0.130 e. The minimum absolute atomic E-state index is 0.115. The number of nitrogens with one attached hydrogen (secondary N) is 1. The van der Waals surface area contributed by atoms with Crippen molar-refractivity contribution in [3.05, 3.63) is 35.4 Å². The highest BCUT2D eigenvalue weighted by molar-refractivity contribution is 5.23. The van der Waals surface area contributed by atoms with Crippen molar-refractivity contribution < 1.29 is 8.78 Å². The van der Waals surface area contributed by atoms with Crippen LogP contribution in [-0.4, -0.2) is 5.54 Å². The minimum atomic E-state index is -0.494. The van der Waals surface area contributed by atoms with Gasteiger partial charge in [-0.3, -0.25) is 0 Å². The first kappa shape index (κ1) is 13.1. The third-order valence-corrected chi connectivity index (χ3v) is 2.92. The average molecular weight is 227 g/mol. The molecule has 1 aromatic carbocycles. The molecular weight excluding hydrogens is 208 g/mol. The summed E-state index contributed by atoms with van der Waals surface area (Å²) in [5, 5.41) is 3.22.